The molecule has 3 nitrogen and oxygen atoms in total. The van der Waals surface area contributed by atoms with E-state index in [0.717, 1.165) is 25.7 Å². The van der Waals surface area contributed by atoms with E-state index in [4.69, 9.17) is 0 Å². The van der Waals surface area contributed by atoms with Crippen molar-refractivity contribution >= 4 is 0 Å². The minimum atomic E-state index is 0.316. The third-order valence-electron chi connectivity index (χ3n) is 5.02. The topological polar surface area (TPSA) is 35.5 Å². The monoisotopic (exact) mass is 254 g/mol. The van der Waals surface area contributed by atoms with Crippen LogP contribution in [0, 0.1) is 11.3 Å². The lowest BCUT2D eigenvalue weighted by atomic mass is 9.86. The second-order valence-corrected chi connectivity index (χ2v) is 6.81. The number of rotatable bonds is 7. The zero-order valence-corrected chi connectivity index (χ0v) is 12.3. The van der Waals surface area contributed by atoms with Crippen LogP contribution in [-0.4, -0.2) is 48.3 Å². The normalized spacial score (nSPS) is 32.7. The first-order valence-electron chi connectivity index (χ1n) is 7.66. The van der Waals surface area contributed by atoms with Crippen LogP contribution in [0.2, 0.25) is 0 Å². The predicted octanol–water partition coefficient (Wildman–Crippen LogP) is 1.86. The van der Waals surface area contributed by atoms with Gasteiger partial charge < -0.3 is 10.4 Å². The Kier molecular flexibility index (Phi) is 4.68. The lowest BCUT2D eigenvalue weighted by Crippen LogP contribution is -2.46. The number of nitrogens with one attached hydrogen (secondary N) is 1. The zero-order valence-electron chi connectivity index (χ0n) is 12.3. The first-order valence-corrected chi connectivity index (χ1v) is 7.66. The molecule has 0 radical (unpaired) electrons. The summed E-state index contributed by atoms with van der Waals surface area (Å²) in [4.78, 5) is 2.52. The van der Waals surface area contributed by atoms with Crippen LogP contribution in [0.1, 0.15) is 46.5 Å². The van der Waals surface area contributed by atoms with Crippen LogP contribution in [-0.2, 0) is 0 Å². The van der Waals surface area contributed by atoms with Crippen molar-refractivity contribution in [3.05, 3.63) is 0 Å². The van der Waals surface area contributed by atoms with E-state index in [1.165, 1.54) is 25.7 Å². The Labute approximate surface area is 112 Å². The van der Waals surface area contributed by atoms with Crippen LogP contribution in [0.25, 0.3) is 0 Å². The molecule has 2 N–H and O–H groups in total. The van der Waals surface area contributed by atoms with Gasteiger partial charge in [0.15, 0.2) is 0 Å². The summed E-state index contributed by atoms with van der Waals surface area (Å²) in [6.45, 7) is 10.7. The molecule has 18 heavy (non-hydrogen) atoms. The van der Waals surface area contributed by atoms with Crippen molar-refractivity contribution in [1.82, 2.24) is 10.2 Å². The molecule has 1 saturated carbocycles. The van der Waals surface area contributed by atoms with Crippen molar-refractivity contribution in [2.45, 2.75) is 58.5 Å². The van der Waals surface area contributed by atoms with E-state index in [1.54, 1.807) is 0 Å². The van der Waals surface area contributed by atoms with Gasteiger partial charge in [0.25, 0.3) is 0 Å². The average Bonchev–Trinajstić information content (AvgIpc) is 3.13. The third kappa shape index (κ3) is 3.46. The van der Waals surface area contributed by atoms with Crippen molar-refractivity contribution < 1.29 is 5.11 Å². The van der Waals surface area contributed by atoms with E-state index in [2.05, 4.69) is 31.0 Å². The van der Waals surface area contributed by atoms with E-state index in [-0.39, 0.29) is 0 Å². The van der Waals surface area contributed by atoms with Crippen molar-refractivity contribution in [1.29, 1.82) is 0 Å². The molecule has 3 atom stereocenters. The van der Waals surface area contributed by atoms with Crippen LogP contribution in [0.4, 0.5) is 0 Å². The molecule has 2 rings (SSSR count). The van der Waals surface area contributed by atoms with Crippen molar-refractivity contribution in [2.75, 3.05) is 26.2 Å². The van der Waals surface area contributed by atoms with Gasteiger partial charge in [0.1, 0.15) is 0 Å². The van der Waals surface area contributed by atoms with Gasteiger partial charge in [-0.05, 0) is 43.6 Å². The van der Waals surface area contributed by atoms with Gasteiger partial charge in [0.05, 0.1) is 6.61 Å². The quantitative estimate of drug-likeness (QED) is 0.728. The summed E-state index contributed by atoms with van der Waals surface area (Å²) < 4.78 is 0. The standard InChI is InChI=1S/C15H30N2O/c1-4-15(3,10-16-13-5-6-13)11-17-8-7-12(2)14(17)9-18/h12-14,16,18H,4-11H2,1-3H3. The Hall–Kier alpha value is -0.120. The minimum Gasteiger partial charge on any atom is -0.395 e. The number of aliphatic hydroxyl groups is 1. The summed E-state index contributed by atoms with van der Waals surface area (Å²) in [6.07, 6.45) is 5.16. The van der Waals surface area contributed by atoms with Gasteiger partial charge in [-0.1, -0.05) is 20.8 Å². The molecule has 1 saturated heterocycles. The lowest BCUT2D eigenvalue weighted by Gasteiger charge is -2.36. The molecule has 2 aliphatic rings. The van der Waals surface area contributed by atoms with Gasteiger partial charge in [0, 0.05) is 25.2 Å². The van der Waals surface area contributed by atoms with E-state index < -0.39 is 0 Å². The van der Waals surface area contributed by atoms with E-state index >= 15 is 0 Å². The first kappa shape index (κ1) is 14.3. The van der Waals surface area contributed by atoms with Crippen molar-refractivity contribution in [2.24, 2.45) is 11.3 Å². The molecule has 1 aliphatic carbocycles. The molecular weight excluding hydrogens is 224 g/mol. The van der Waals surface area contributed by atoms with Crippen molar-refractivity contribution in [3.63, 3.8) is 0 Å². The maximum atomic E-state index is 9.55. The molecule has 0 amide bonds. The highest BCUT2D eigenvalue weighted by molar-refractivity contribution is 4.91. The molecule has 0 aromatic heterocycles. The average molecular weight is 254 g/mol. The Bertz CT molecular complexity index is 267. The molecule has 0 aromatic carbocycles. The Morgan fingerprint density at radius 2 is 2.06 bits per heavy atom. The fraction of sp³-hybridized carbons (Fsp3) is 1.00. The van der Waals surface area contributed by atoms with E-state index in [0.29, 0.717) is 24.0 Å². The molecule has 106 valence electrons. The molecule has 3 unspecified atom stereocenters. The van der Waals surface area contributed by atoms with E-state index in [1.807, 2.05) is 0 Å². The smallest absolute Gasteiger partial charge is 0.0589 e. The van der Waals surface area contributed by atoms with Gasteiger partial charge in [-0.3, -0.25) is 4.90 Å². The summed E-state index contributed by atoms with van der Waals surface area (Å²) in [5, 5.41) is 13.2. The molecule has 3 heteroatoms. The highest BCUT2D eigenvalue weighted by Crippen LogP contribution is 2.30. The van der Waals surface area contributed by atoms with Gasteiger partial charge in [-0.15, -0.1) is 0 Å². The fourth-order valence-electron chi connectivity index (χ4n) is 3.04. The molecule has 2 fully saturated rings. The largest absolute Gasteiger partial charge is 0.395 e. The third-order valence-corrected chi connectivity index (χ3v) is 5.02. The Morgan fingerprint density at radius 3 is 2.61 bits per heavy atom. The van der Waals surface area contributed by atoms with E-state index in [9.17, 15) is 5.11 Å². The maximum Gasteiger partial charge on any atom is 0.0589 e. The number of aliphatic hydroxyl groups excluding tert-OH is 1. The summed E-state index contributed by atoms with van der Waals surface area (Å²) in [7, 11) is 0. The summed E-state index contributed by atoms with van der Waals surface area (Å²) in [5.74, 6) is 0.646. The van der Waals surface area contributed by atoms with Crippen LogP contribution in [0.5, 0.6) is 0 Å². The van der Waals surface area contributed by atoms with Crippen LogP contribution >= 0.6 is 0 Å². The van der Waals surface area contributed by atoms with Crippen molar-refractivity contribution in [3.8, 4) is 0 Å². The van der Waals surface area contributed by atoms with Crippen LogP contribution in [0.3, 0.4) is 0 Å². The molecule has 1 aliphatic heterocycles. The number of hydrogen-bond donors (Lipinski definition) is 2. The molecular formula is C15H30N2O. The maximum absolute atomic E-state index is 9.55. The molecule has 0 aromatic rings. The second-order valence-electron chi connectivity index (χ2n) is 6.81. The second kappa shape index (κ2) is 5.89. The Morgan fingerprint density at radius 1 is 1.33 bits per heavy atom. The molecule has 1 heterocycles. The fourth-order valence-corrected chi connectivity index (χ4v) is 3.04. The van der Waals surface area contributed by atoms with Gasteiger partial charge in [-0.25, -0.2) is 0 Å². The summed E-state index contributed by atoms with van der Waals surface area (Å²) >= 11 is 0. The number of likely N-dealkylation sites (tertiary alicyclic amines) is 1. The first-order chi connectivity index (χ1) is 8.58. The summed E-state index contributed by atoms with van der Waals surface area (Å²) in [5.41, 5.74) is 0.347. The number of nitrogens with zero attached hydrogens (tertiary/aromatic N) is 1. The SMILES string of the molecule is CCC(C)(CNC1CC1)CN1CCC(C)C1CO. The van der Waals surface area contributed by atoms with Gasteiger partial charge in [-0.2, -0.15) is 0 Å². The van der Waals surface area contributed by atoms with Crippen LogP contribution in [0.15, 0.2) is 0 Å². The minimum absolute atomic E-state index is 0.316. The highest BCUT2D eigenvalue weighted by atomic mass is 16.3. The zero-order chi connectivity index (χ0) is 13.2. The lowest BCUT2D eigenvalue weighted by molar-refractivity contribution is 0.0932. The van der Waals surface area contributed by atoms with Crippen LogP contribution < -0.4 is 5.32 Å². The number of hydrogen-bond acceptors (Lipinski definition) is 3. The van der Waals surface area contributed by atoms with Gasteiger partial charge in [0.2, 0.25) is 0 Å². The summed E-state index contributed by atoms with van der Waals surface area (Å²) in [6, 6.07) is 1.18. The Balaban J connectivity index is 1.87. The predicted molar refractivity (Wildman–Crippen MR) is 75.7 cm³/mol. The van der Waals surface area contributed by atoms with Gasteiger partial charge >= 0.3 is 0 Å². The molecule has 0 bridgehead atoms. The highest BCUT2D eigenvalue weighted by Gasteiger charge is 2.36. The molecule has 0 spiro atoms.